The maximum atomic E-state index is 11.6. The van der Waals surface area contributed by atoms with Gasteiger partial charge in [0, 0.05) is 0 Å². The number of carbonyl (C=O) groups is 2. The number of hydrogen-bond acceptors (Lipinski definition) is 4. The highest BCUT2D eigenvalue weighted by Gasteiger charge is 2.27. The molecule has 0 saturated heterocycles. The molecule has 1 unspecified atom stereocenters. The Morgan fingerprint density at radius 2 is 1.78 bits per heavy atom. The first kappa shape index (κ1) is 16.9. The Labute approximate surface area is 108 Å². The van der Waals surface area contributed by atoms with Crippen molar-refractivity contribution >= 4 is 11.9 Å². The predicted molar refractivity (Wildman–Crippen MR) is 65.9 cm³/mol. The van der Waals surface area contributed by atoms with E-state index in [1.165, 1.54) is 13.8 Å². The zero-order valence-corrected chi connectivity index (χ0v) is 11.8. The summed E-state index contributed by atoms with van der Waals surface area (Å²) in [5.41, 5.74) is -1.15. The number of aliphatic carboxylic acids is 1. The van der Waals surface area contributed by atoms with Gasteiger partial charge in [-0.3, -0.25) is 9.59 Å². The number of hydrogen-bond donors (Lipinski definition) is 2. The molecule has 0 aliphatic heterocycles. The standard InChI is InChI=1S/C12H23NO5/c1-12(2,17)7-11(16)18-9(6-10(14)15)8-13(3,4)5/h9,17H,6-8H2,1-5H3/p+1. The minimum Gasteiger partial charge on any atom is -0.481 e. The first-order valence-electron chi connectivity index (χ1n) is 5.83. The molecule has 0 saturated carbocycles. The molecule has 0 spiro atoms. The van der Waals surface area contributed by atoms with Gasteiger partial charge >= 0.3 is 11.9 Å². The van der Waals surface area contributed by atoms with Gasteiger partial charge in [0.2, 0.25) is 0 Å². The molecule has 0 aliphatic rings. The van der Waals surface area contributed by atoms with E-state index in [0.717, 1.165) is 0 Å². The van der Waals surface area contributed by atoms with Crippen molar-refractivity contribution in [3.05, 3.63) is 0 Å². The Hall–Kier alpha value is -1.14. The molecule has 1 atom stereocenters. The summed E-state index contributed by atoms with van der Waals surface area (Å²) >= 11 is 0. The number of esters is 1. The van der Waals surface area contributed by atoms with Crippen molar-refractivity contribution < 1.29 is 29.0 Å². The van der Waals surface area contributed by atoms with Gasteiger partial charge in [-0.1, -0.05) is 0 Å². The average Bonchev–Trinajstić information content (AvgIpc) is 1.92. The van der Waals surface area contributed by atoms with Crippen LogP contribution in [0.3, 0.4) is 0 Å². The number of aliphatic hydroxyl groups is 1. The van der Waals surface area contributed by atoms with Crippen molar-refractivity contribution in [2.75, 3.05) is 27.7 Å². The van der Waals surface area contributed by atoms with Crippen LogP contribution in [0.25, 0.3) is 0 Å². The van der Waals surface area contributed by atoms with Crippen LogP contribution in [0.4, 0.5) is 0 Å². The summed E-state index contributed by atoms with van der Waals surface area (Å²) in [4.78, 5) is 22.3. The van der Waals surface area contributed by atoms with Gasteiger partial charge in [0.25, 0.3) is 0 Å². The smallest absolute Gasteiger partial charge is 0.309 e. The van der Waals surface area contributed by atoms with Crippen LogP contribution in [0, 0.1) is 0 Å². The fraction of sp³-hybridized carbons (Fsp3) is 0.833. The summed E-state index contributed by atoms with van der Waals surface area (Å²) < 4.78 is 5.61. The Morgan fingerprint density at radius 1 is 1.28 bits per heavy atom. The third-order valence-corrected chi connectivity index (χ3v) is 2.03. The zero-order valence-electron chi connectivity index (χ0n) is 11.8. The molecule has 106 valence electrons. The minimum atomic E-state index is -1.15. The predicted octanol–water partition coefficient (Wildman–Crippen LogP) is 0.240. The second kappa shape index (κ2) is 6.15. The molecular weight excluding hydrogens is 238 g/mol. The molecular formula is C12H24NO5+. The molecule has 0 radical (unpaired) electrons. The Kier molecular flexibility index (Phi) is 5.76. The number of rotatable bonds is 7. The fourth-order valence-electron chi connectivity index (χ4n) is 1.53. The van der Waals surface area contributed by atoms with Crippen LogP contribution in [0.2, 0.25) is 0 Å². The number of likely N-dealkylation sites (N-methyl/N-ethyl adjacent to an activating group) is 1. The zero-order chi connectivity index (χ0) is 14.6. The lowest BCUT2D eigenvalue weighted by molar-refractivity contribution is -0.873. The molecule has 0 aromatic heterocycles. The normalized spacial score (nSPS) is 14.1. The first-order chi connectivity index (χ1) is 7.89. The van der Waals surface area contributed by atoms with Crippen LogP contribution in [0.1, 0.15) is 26.7 Å². The largest absolute Gasteiger partial charge is 0.481 e. The van der Waals surface area contributed by atoms with Crippen LogP contribution < -0.4 is 0 Å². The van der Waals surface area contributed by atoms with Gasteiger partial charge in [0.15, 0.2) is 6.10 Å². The molecule has 2 N–H and O–H groups in total. The molecule has 0 aliphatic carbocycles. The van der Waals surface area contributed by atoms with Gasteiger partial charge in [-0.2, -0.15) is 0 Å². The number of carboxylic acid groups (broad SMARTS) is 1. The van der Waals surface area contributed by atoms with Crippen molar-refractivity contribution in [2.45, 2.75) is 38.4 Å². The fourth-order valence-corrected chi connectivity index (χ4v) is 1.53. The summed E-state index contributed by atoms with van der Waals surface area (Å²) in [7, 11) is 5.66. The molecule has 0 fully saturated rings. The topological polar surface area (TPSA) is 83.8 Å². The Balaban J connectivity index is 4.50. The van der Waals surface area contributed by atoms with Gasteiger partial charge in [-0.15, -0.1) is 0 Å². The minimum absolute atomic E-state index is 0.153. The van der Waals surface area contributed by atoms with Gasteiger partial charge in [-0.05, 0) is 13.8 Å². The van der Waals surface area contributed by atoms with E-state index in [1.54, 1.807) is 0 Å². The van der Waals surface area contributed by atoms with Crippen molar-refractivity contribution in [3.63, 3.8) is 0 Å². The van der Waals surface area contributed by atoms with E-state index in [1.807, 2.05) is 21.1 Å². The molecule has 0 heterocycles. The number of nitrogens with zero attached hydrogens (tertiary/aromatic N) is 1. The van der Waals surface area contributed by atoms with Gasteiger partial charge in [0.1, 0.15) is 6.54 Å². The monoisotopic (exact) mass is 262 g/mol. The van der Waals surface area contributed by atoms with Crippen LogP contribution in [0.5, 0.6) is 0 Å². The number of carbonyl (C=O) groups excluding carboxylic acids is 1. The summed E-state index contributed by atoms with van der Waals surface area (Å²) in [6.07, 6.45) is -1.06. The maximum Gasteiger partial charge on any atom is 0.309 e. The van der Waals surface area contributed by atoms with E-state index in [2.05, 4.69) is 0 Å². The maximum absolute atomic E-state index is 11.6. The summed E-state index contributed by atoms with van der Waals surface area (Å²) in [5.74, 6) is -1.59. The molecule has 6 nitrogen and oxygen atoms in total. The lowest BCUT2D eigenvalue weighted by atomic mass is 10.1. The molecule has 6 heteroatoms. The molecule has 18 heavy (non-hydrogen) atoms. The van der Waals surface area contributed by atoms with Crippen molar-refractivity contribution in [1.82, 2.24) is 0 Å². The third kappa shape index (κ3) is 10.0. The van der Waals surface area contributed by atoms with Gasteiger partial charge in [-0.25, -0.2) is 0 Å². The molecule has 0 rings (SSSR count). The average molecular weight is 262 g/mol. The van der Waals surface area contributed by atoms with Crippen molar-refractivity contribution in [2.24, 2.45) is 0 Å². The van der Waals surface area contributed by atoms with Crippen LogP contribution in [-0.4, -0.2) is 66.0 Å². The molecule has 0 bridgehead atoms. The number of quaternary nitrogens is 1. The van der Waals surface area contributed by atoms with Gasteiger partial charge in [0.05, 0.1) is 39.6 Å². The molecule has 0 aromatic rings. The summed E-state index contributed by atoms with van der Waals surface area (Å²) in [5, 5.41) is 18.3. The van der Waals surface area contributed by atoms with Crippen molar-refractivity contribution in [1.29, 1.82) is 0 Å². The van der Waals surface area contributed by atoms with E-state index >= 15 is 0 Å². The molecule has 0 aromatic carbocycles. The first-order valence-corrected chi connectivity index (χ1v) is 5.83. The van der Waals surface area contributed by atoms with Crippen LogP contribution in [-0.2, 0) is 14.3 Å². The Bertz CT molecular complexity index is 301. The SMILES string of the molecule is CC(C)(O)CC(=O)OC(CC(=O)O)C[N+](C)(C)C. The second-order valence-corrected chi connectivity index (χ2v) is 6.17. The highest BCUT2D eigenvalue weighted by Crippen LogP contribution is 2.12. The van der Waals surface area contributed by atoms with E-state index in [0.29, 0.717) is 11.0 Å². The van der Waals surface area contributed by atoms with E-state index in [9.17, 15) is 14.7 Å². The van der Waals surface area contributed by atoms with E-state index in [4.69, 9.17) is 9.84 Å². The number of carboxylic acids is 1. The number of ether oxygens (including phenoxy) is 1. The van der Waals surface area contributed by atoms with E-state index < -0.39 is 23.6 Å². The second-order valence-electron chi connectivity index (χ2n) is 6.17. The quantitative estimate of drug-likeness (QED) is 0.507. The van der Waals surface area contributed by atoms with Gasteiger partial charge < -0.3 is 19.4 Å². The third-order valence-electron chi connectivity index (χ3n) is 2.03. The summed E-state index contributed by atoms with van der Waals surface area (Å²) in [6, 6.07) is 0. The van der Waals surface area contributed by atoms with Crippen molar-refractivity contribution in [3.8, 4) is 0 Å². The van der Waals surface area contributed by atoms with Crippen LogP contribution in [0.15, 0.2) is 0 Å². The highest BCUT2D eigenvalue weighted by atomic mass is 16.5. The lowest BCUT2D eigenvalue weighted by Crippen LogP contribution is -2.44. The Morgan fingerprint density at radius 3 is 2.11 bits per heavy atom. The lowest BCUT2D eigenvalue weighted by Gasteiger charge is -2.28. The van der Waals surface area contributed by atoms with Crippen LogP contribution >= 0.6 is 0 Å². The molecule has 0 amide bonds. The summed E-state index contributed by atoms with van der Waals surface area (Å²) in [6.45, 7) is 3.41. The highest BCUT2D eigenvalue weighted by molar-refractivity contribution is 5.72. The van der Waals surface area contributed by atoms with E-state index in [-0.39, 0.29) is 12.8 Å².